The van der Waals surface area contributed by atoms with Crippen molar-refractivity contribution in [3.8, 4) is 11.5 Å². The number of hydrogen-bond acceptors (Lipinski definition) is 2. The van der Waals surface area contributed by atoms with Crippen molar-refractivity contribution in [2.75, 3.05) is 11.4 Å². The average molecular weight is 253 g/mol. The minimum absolute atomic E-state index is 0.170. The Hall–Kier alpha value is -2.29. The summed E-state index contributed by atoms with van der Waals surface area (Å²) in [7, 11) is 0. The van der Waals surface area contributed by atoms with Crippen LogP contribution in [-0.2, 0) is 4.79 Å². The molecule has 1 aliphatic rings. The fourth-order valence-electron chi connectivity index (χ4n) is 2.28. The van der Waals surface area contributed by atoms with Crippen molar-refractivity contribution in [2.45, 2.75) is 12.8 Å². The summed E-state index contributed by atoms with van der Waals surface area (Å²) in [4.78, 5) is 13.7. The summed E-state index contributed by atoms with van der Waals surface area (Å²) in [6.07, 6.45) is 1.54. The lowest BCUT2D eigenvalue weighted by atomic mass is 10.2. The Kier molecular flexibility index (Phi) is 3.19. The van der Waals surface area contributed by atoms with E-state index in [4.69, 9.17) is 4.74 Å². The highest BCUT2D eigenvalue weighted by Crippen LogP contribution is 2.34. The number of anilines is 1. The van der Waals surface area contributed by atoms with Gasteiger partial charge in [0.2, 0.25) is 5.91 Å². The lowest BCUT2D eigenvalue weighted by Gasteiger charge is -2.19. The van der Waals surface area contributed by atoms with Gasteiger partial charge in [-0.15, -0.1) is 0 Å². The van der Waals surface area contributed by atoms with E-state index in [0.29, 0.717) is 6.42 Å². The number of rotatable bonds is 3. The van der Waals surface area contributed by atoms with Gasteiger partial charge in [0.05, 0.1) is 5.69 Å². The Bertz CT molecular complexity index is 580. The normalized spacial score (nSPS) is 14.7. The van der Waals surface area contributed by atoms with Crippen molar-refractivity contribution < 1.29 is 9.53 Å². The van der Waals surface area contributed by atoms with Crippen LogP contribution in [0.3, 0.4) is 0 Å². The Labute approximate surface area is 112 Å². The molecule has 3 nitrogen and oxygen atoms in total. The molecule has 0 spiro atoms. The zero-order valence-corrected chi connectivity index (χ0v) is 10.6. The van der Waals surface area contributed by atoms with Gasteiger partial charge in [-0.2, -0.15) is 0 Å². The van der Waals surface area contributed by atoms with Gasteiger partial charge >= 0.3 is 0 Å². The number of amides is 1. The second kappa shape index (κ2) is 5.14. The van der Waals surface area contributed by atoms with Gasteiger partial charge in [-0.05, 0) is 30.7 Å². The maximum absolute atomic E-state index is 11.8. The van der Waals surface area contributed by atoms with Gasteiger partial charge in [-0.25, -0.2) is 0 Å². The van der Waals surface area contributed by atoms with Crippen LogP contribution in [0.2, 0.25) is 0 Å². The van der Waals surface area contributed by atoms with Gasteiger partial charge in [0.1, 0.15) is 5.75 Å². The number of ether oxygens (including phenoxy) is 1. The van der Waals surface area contributed by atoms with Gasteiger partial charge in [0, 0.05) is 13.0 Å². The SMILES string of the molecule is O=C1CCCN1c1ccccc1Oc1ccccc1. The van der Waals surface area contributed by atoms with Gasteiger partial charge in [-0.1, -0.05) is 30.3 Å². The summed E-state index contributed by atoms with van der Waals surface area (Å²) in [5.41, 5.74) is 0.855. The minimum Gasteiger partial charge on any atom is -0.455 e. The van der Waals surface area contributed by atoms with Crippen LogP contribution in [0.4, 0.5) is 5.69 Å². The van der Waals surface area contributed by atoms with Gasteiger partial charge in [-0.3, -0.25) is 4.79 Å². The first-order chi connectivity index (χ1) is 9.34. The quantitative estimate of drug-likeness (QED) is 0.836. The fourth-order valence-corrected chi connectivity index (χ4v) is 2.28. The molecule has 0 N–H and O–H groups in total. The van der Waals surface area contributed by atoms with Crippen LogP contribution in [0, 0.1) is 0 Å². The Morgan fingerprint density at radius 2 is 1.68 bits per heavy atom. The smallest absolute Gasteiger partial charge is 0.227 e. The van der Waals surface area contributed by atoms with E-state index in [0.717, 1.165) is 30.2 Å². The van der Waals surface area contributed by atoms with E-state index >= 15 is 0 Å². The summed E-state index contributed by atoms with van der Waals surface area (Å²) in [5, 5.41) is 0. The summed E-state index contributed by atoms with van der Waals surface area (Å²) in [6.45, 7) is 0.772. The standard InChI is InChI=1S/C16H15NO2/c18-16-11-6-12-17(16)14-9-4-5-10-15(14)19-13-7-2-1-3-8-13/h1-5,7-10H,6,11-12H2. The predicted molar refractivity (Wildman–Crippen MR) is 74.5 cm³/mol. The lowest BCUT2D eigenvalue weighted by Crippen LogP contribution is -2.24. The first-order valence-corrected chi connectivity index (χ1v) is 6.47. The Morgan fingerprint density at radius 1 is 0.947 bits per heavy atom. The predicted octanol–water partition coefficient (Wildman–Crippen LogP) is 3.61. The molecule has 1 amide bonds. The number of nitrogens with zero attached hydrogens (tertiary/aromatic N) is 1. The molecule has 0 radical (unpaired) electrons. The molecule has 0 unspecified atom stereocenters. The first-order valence-electron chi connectivity index (χ1n) is 6.47. The average Bonchev–Trinajstić information content (AvgIpc) is 2.87. The van der Waals surface area contributed by atoms with Crippen molar-refractivity contribution in [3.05, 3.63) is 54.6 Å². The largest absolute Gasteiger partial charge is 0.455 e. The number of carbonyl (C=O) groups is 1. The van der Waals surface area contributed by atoms with E-state index in [9.17, 15) is 4.79 Å². The van der Waals surface area contributed by atoms with E-state index in [1.165, 1.54) is 0 Å². The number of hydrogen-bond donors (Lipinski definition) is 0. The van der Waals surface area contributed by atoms with Crippen LogP contribution in [0.1, 0.15) is 12.8 Å². The maximum Gasteiger partial charge on any atom is 0.227 e. The van der Waals surface area contributed by atoms with Crippen LogP contribution >= 0.6 is 0 Å². The number of carbonyl (C=O) groups excluding carboxylic acids is 1. The molecule has 0 bridgehead atoms. The summed E-state index contributed by atoms with van der Waals surface area (Å²) in [5.74, 6) is 1.68. The maximum atomic E-state index is 11.8. The van der Waals surface area contributed by atoms with E-state index in [1.807, 2.05) is 54.6 Å². The van der Waals surface area contributed by atoms with Crippen LogP contribution < -0.4 is 9.64 Å². The van der Waals surface area contributed by atoms with Crippen LogP contribution in [0.25, 0.3) is 0 Å². The van der Waals surface area contributed by atoms with Gasteiger partial charge in [0.15, 0.2) is 5.75 Å². The molecular formula is C16H15NO2. The molecule has 19 heavy (non-hydrogen) atoms. The zero-order valence-electron chi connectivity index (χ0n) is 10.6. The highest BCUT2D eigenvalue weighted by atomic mass is 16.5. The molecule has 0 aromatic heterocycles. The molecule has 2 aromatic rings. The molecule has 0 atom stereocenters. The van der Waals surface area contributed by atoms with Crippen molar-refractivity contribution in [2.24, 2.45) is 0 Å². The zero-order chi connectivity index (χ0) is 13.1. The molecule has 1 aliphatic heterocycles. The number of benzene rings is 2. The van der Waals surface area contributed by atoms with Crippen LogP contribution in [0.5, 0.6) is 11.5 Å². The van der Waals surface area contributed by atoms with Crippen molar-refractivity contribution in [1.82, 2.24) is 0 Å². The second-order valence-corrected chi connectivity index (χ2v) is 4.53. The molecule has 0 saturated carbocycles. The van der Waals surface area contributed by atoms with Gasteiger partial charge < -0.3 is 9.64 Å². The fraction of sp³-hybridized carbons (Fsp3) is 0.188. The summed E-state index contributed by atoms with van der Waals surface area (Å²) in [6, 6.07) is 17.3. The highest BCUT2D eigenvalue weighted by Gasteiger charge is 2.24. The summed E-state index contributed by atoms with van der Waals surface area (Å²) >= 11 is 0. The minimum atomic E-state index is 0.170. The molecule has 3 heteroatoms. The van der Waals surface area contributed by atoms with E-state index in [1.54, 1.807) is 4.90 Å². The lowest BCUT2D eigenvalue weighted by molar-refractivity contribution is -0.117. The second-order valence-electron chi connectivity index (χ2n) is 4.53. The molecule has 3 rings (SSSR count). The molecule has 1 fully saturated rings. The van der Waals surface area contributed by atoms with Crippen molar-refractivity contribution in [1.29, 1.82) is 0 Å². The van der Waals surface area contributed by atoms with E-state index in [2.05, 4.69) is 0 Å². The summed E-state index contributed by atoms with van der Waals surface area (Å²) < 4.78 is 5.88. The van der Waals surface area contributed by atoms with Crippen LogP contribution in [-0.4, -0.2) is 12.5 Å². The third kappa shape index (κ3) is 2.45. The van der Waals surface area contributed by atoms with Gasteiger partial charge in [0.25, 0.3) is 0 Å². The van der Waals surface area contributed by atoms with Crippen molar-refractivity contribution >= 4 is 11.6 Å². The molecule has 0 aliphatic carbocycles. The van der Waals surface area contributed by atoms with Crippen LogP contribution in [0.15, 0.2) is 54.6 Å². The first kappa shape index (κ1) is 11.8. The topological polar surface area (TPSA) is 29.5 Å². The molecular weight excluding hydrogens is 238 g/mol. The Balaban J connectivity index is 1.91. The molecule has 1 saturated heterocycles. The molecule has 2 aromatic carbocycles. The van der Waals surface area contributed by atoms with E-state index in [-0.39, 0.29) is 5.91 Å². The number of para-hydroxylation sites is 3. The molecule has 96 valence electrons. The highest BCUT2D eigenvalue weighted by molar-refractivity contribution is 5.96. The monoisotopic (exact) mass is 253 g/mol. The third-order valence-electron chi connectivity index (χ3n) is 3.20. The third-order valence-corrected chi connectivity index (χ3v) is 3.20. The Morgan fingerprint density at radius 3 is 2.42 bits per heavy atom. The molecule has 1 heterocycles. The van der Waals surface area contributed by atoms with E-state index < -0.39 is 0 Å². The van der Waals surface area contributed by atoms with Crippen molar-refractivity contribution in [3.63, 3.8) is 0 Å².